The number of carbonyl (C=O) groups is 2. The van der Waals surface area contributed by atoms with Crippen molar-refractivity contribution in [3.8, 4) is 11.5 Å². The van der Waals surface area contributed by atoms with Crippen LogP contribution in [0.2, 0.25) is 5.02 Å². The lowest BCUT2D eigenvalue weighted by molar-refractivity contribution is -0.165. The van der Waals surface area contributed by atoms with Gasteiger partial charge in [0.25, 0.3) is 5.91 Å². The number of ether oxygens (including phenoxy) is 1. The molecule has 1 atom stereocenters. The molecular formula is C21H25ClN4O6S. The van der Waals surface area contributed by atoms with Gasteiger partial charge in [0.15, 0.2) is 0 Å². The molecule has 33 heavy (non-hydrogen) atoms. The average molecular weight is 497 g/mol. The highest BCUT2D eigenvalue weighted by atomic mass is 35.5. The zero-order valence-electron chi connectivity index (χ0n) is 18.1. The van der Waals surface area contributed by atoms with Gasteiger partial charge < -0.3 is 25.4 Å². The summed E-state index contributed by atoms with van der Waals surface area (Å²) in [6, 6.07) is 12.1. The Bertz CT molecular complexity index is 1120. The minimum atomic E-state index is -4.32. The Morgan fingerprint density at radius 3 is 2.15 bits per heavy atom. The van der Waals surface area contributed by atoms with E-state index in [4.69, 9.17) is 22.1 Å². The summed E-state index contributed by atoms with van der Waals surface area (Å²) in [6.45, 7) is -0.827. The predicted molar refractivity (Wildman–Crippen MR) is 121 cm³/mol. The van der Waals surface area contributed by atoms with E-state index >= 15 is 0 Å². The molecule has 1 fully saturated rings. The summed E-state index contributed by atoms with van der Waals surface area (Å²) in [5.74, 6) is -0.742. The first kappa shape index (κ1) is 24.9. The number of amides is 2. The molecule has 2 aromatic carbocycles. The number of carbonyl (C=O) groups excluding carboxylic acids is 2. The molecule has 0 radical (unpaired) electrons. The van der Waals surface area contributed by atoms with Gasteiger partial charge in [-0.1, -0.05) is 11.6 Å². The molecule has 0 saturated carbocycles. The molecule has 1 aliphatic rings. The van der Waals surface area contributed by atoms with Crippen LogP contribution in [0.25, 0.3) is 0 Å². The zero-order chi connectivity index (χ0) is 24.4. The van der Waals surface area contributed by atoms with E-state index in [1.54, 1.807) is 43.3 Å². The number of halogens is 1. The summed E-state index contributed by atoms with van der Waals surface area (Å²) < 4.78 is 32.8. The number of sulfonamides is 1. The van der Waals surface area contributed by atoms with Gasteiger partial charge in [-0.05, 0) is 62.6 Å². The average Bonchev–Trinajstić information content (AvgIpc) is 2.75. The number of rotatable bonds is 7. The van der Waals surface area contributed by atoms with Crippen LogP contribution in [0.3, 0.4) is 0 Å². The highest BCUT2D eigenvalue weighted by Crippen LogP contribution is 2.30. The van der Waals surface area contributed by atoms with E-state index in [9.17, 15) is 23.1 Å². The van der Waals surface area contributed by atoms with E-state index in [1.165, 1.54) is 29.2 Å². The Hall–Kier alpha value is -2.70. The maximum Gasteiger partial charge on any atom is 0.267 e. The third-order valence-electron chi connectivity index (χ3n) is 5.06. The van der Waals surface area contributed by atoms with Gasteiger partial charge in [-0.3, -0.25) is 9.59 Å². The Balaban J connectivity index is 1.82. The maximum atomic E-state index is 13.3. The first-order valence-electron chi connectivity index (χ1n) is 9.94. The first-order valence-corrected chi connectivity index (χ1v) is 11.8. The lowest BCUT2D eigenvalue weighted by atomic mass is 10.1. The number of hydrogen-bond donors (Lipinski definition) is 2. The fourth-order valence-corrected chi connectivity index (χ4v) is 5.10. The van der Waals surface area contributed by atoms with Crippen molar-refractivity contribution in [2.45, 2.75) is 10.6 Å². The molecule has 0 spiro atoms. The number of primary amides is 1. The van der Waals surface area contributed by atoms with Crippen molar-refractivity contribution in [1.29, 1.82) is 0 Å². The largest absolute Gasteiger partial charge is 0.457 e. The number of β-amino-alcohol motifs (C(OH)–C–C–N with tert-alkyl or cyclic N) is 1. The monoisotopic (exact) mass is 496 g/mol. The summed E-state index contributed by atoms with van der Waals surface area (Å²) in [5.41, 5.74) is 2.79. The molecule has 178 valence electrons. The molecule has 0 aromatic heterocycles. The normalized spacial score (nSPS) is 19.5. The number of piperazine rings is 1. The fourth-order valence-electron chi connectivity index (χ4n) is 3.37. The topological polar surface area (TPSA) is 133 Å². The van der Waals surface area contributed by atoms with Crippen molar-refractivity contribution in [3.63, 3.8) is 0 Å². The van der Waals surface area contributed by atoms with Crippen LogP contribution >= 0.6 is 11.6 Å². The number of likely N-dealkylation sites (N-methyl/N-ethyl adjacent to an activating group) is 1. The lowest BCUT2D eigenvalue weighted by Crippen LogP contribution is -2.70. The van der Waals surface area contributed by atoms with Crippen LogP contribution < -0.4 is 10.5 Å². The van der Waals surface area contributed by atoms with Crippen LogP contribution in [0, 0.1) is 0 Å². The van der Waals surface area contributed by atoms with Crippen LogP contribution in [0.15, 0.2) is 53.4 Å². The van der Waals surface area contributed by atoms with Crippen LogP contribution in [-0.2, 0) is 19.6 Å². The summed E-state index contributed by atoms with van der Waals surface area (Å²) in [7, 11) is -0.934. The Morgan fingerprint density at radius 2 is 1.64 bits per heavy atom. The second kappa shape index (κ2) is 9.65. The summed E-state index contributed by atoms with van der Waals surface area (Å²) in [5, 5.41) is 11.5. The van der Waals surface area contributed by atoms with Crippen LogP contribution in [-0.4, -0.2) is 85.4 Å². The van der Waals surface area contributed by atoms with E-state index in [0.29, 0.717) is 20.8 Å². The van der Waals surface area contributed by atoms with Gasteiger partial charge in [-0.25, -0.2) is 8.42 Å². The van der Waals surface area contributed by atoms with E-state index in [0.717, 1.165) is 0 Å². The molecule has 3 rings (SSSR count). The van der Waals surface area contributed by atoms with Gasteiger partial charge in [-0.15, -0.1) is 0 Å². The van der Waals surface area contributed by atoms with Gasteiger partial charge in [0.05, 0.1) is 18.0 Å². The van der Waals surface area contributed by atoms with E-state index in [1.807, 2.05) is 0 Å². The quantitative estimate of drug-likeness (QED) is 0.576. The van der Waals surface area contributed by atoms with Crippen LogP contribution in [0.1, 0.15) is 0 Å². The van der Waals surface area contributed by atoms with Gasteiger partial charge >= 0.3 is 0 Å². The standard InChI is InChI=1S/C21H25ClN4O6S/c1-24(2)13-19(27)25-11-12-26(21(29,14-25)20(23)28)33(30,31)18-9-7-17(8-10-18)32-16-5-3-15(22)4-6-16/h3-10,29H,11-14H2,1-2H3,(H2,23,28). The molecule has 1 saturated heterocycles. The number of nitrogens with zero attached hydrogens (tertiary/aromatic N) is 3. The second-order valence-electron chi connectivity index (χ2n) is 7.84. The number of nitrogens with two attached hydrogens (primary N) is 1. The minimum absolute atomic E-state index is 0.000739. The van der Waals surface area contributed by atoms with Gasteiger partial charge in [0, 0.05) is 18.1 Å². The Labute approximate surface area is 197 Å². The molecule has 0 bridgehead atoms. The van der Waals surface area contributed by atoms with E-state index in [2.05, 4.69) is 0 Å². The van der Waals surface area contributed by atoms with Crippen molar-refractivity contribution in [1.82, 2.24) is 14.1 Å². The van der Waals surface area contributed by atoms with Crippen LogP contribution in [0.5, 0.6) is 11.5 Å². The molecule has 3 N–H and O–H groups in total. The number of aliphatic hydroxyl groups is 1. The van der Waals surface area contributed by atoms with Crippen molar-refractivity contribution < 1.29 is 27.9 Å². The van der Waals surface area contributed by atoms with Gasteiger partial charge in [0.1, 0.15) is 11.5 Å². The zero-order valence-corrected chi connectivity index (χ0v) is 19.7. The first-order chi connectivity index (χ1) is 15.4. The molecule has 12 heteroatoms. The summed E-state index contributed by atoms with van der Waals surface area (Å²) in [6.07, 6.45) is 0. The number of benzene rings is 2. The van der Waals surface area contributed by atoms with Gasteiger partial charge in [0.2, 0.25) is 21.7 Å². The SMILES string of the molecule is CN(C)CC(=O)N1CCN(S(=O)(=O)c2ccc(Oc3ccc(Cl)cc3)cc2)C(O)(C(N)=O)C1. The van der Waals surface area contributed by atoms with E-state index < -0.39 is 28.2 Å². The van der Waals surface area contributed by atoms with Crippen molar-refractivity contribution in [3.05, 3.63) is 53.6 Å². The Morgan fingerprint density at radius 1 is 1.09 bits per heavy atom. The van der Waals surface area contributed by atoms with Crippen molar-refractivity contribution >= 4 is 33.4 Å². The lowest BCUT2D eigenvalue weighted by Gasteiger charge is -2.44. The predicted octanol–water partition coefficient (Wildman–Crippen LogP) is 0.701. The molecule has 2 aromatic rings. The fraction of sp³-hybridized carbons (Fsp3) is 0.333. The highest BCUT2D eigenvalue weighted by molar-refractivity contribution is 7.89. The Kier molecular flexibility index (Phi) is 7.29. The minimum Gasteiger partial charge on any atom is -0.457 e. The molecule has 1 unspecified atom stereocenters. The summed E-state index contributed by atoms with van der Waals surface area (Å²) >= 11 is 5.85. The van der Waals surface area contributed by atoms with Crippen molar-refractivity contribution in [2.75, 3.05) is 40.3 Å². The van der Waals surface area contributed by atoms with Gasteiger partial charge in [-0.2, -0.15) is 4.31 Å². The third-order valence-corrected chi connectivity index (χ3v) is 7.24. The third kappa shape index (κ3) is 5.45. The molecule has 2 amide bonds. The molecule has 1 aliphatic heterocycles. The molecule has 10 nitrogen and oxygen atoms in total. The second-order valence-corrected chi connectivity index (χ2v) is 10.1. The molecule has 1 heterocycles. The van der Waals surface area contributed by atoms with Crippen LogP contribution in [0.4, 0.5) is 0 Å². The summed E-state index contributed by atoms with van der Waals surface area (Å²) in [4.78, 5) is 27.2. The molecule has 0 aliphatic carbocycles. The highest BCUT2D eigenvalue weighted by Gasteiger charge is 2.52. The molecular weight excluding hydrogens is 472 g/mol. The van der Waals surface area contributed by atoms with Crippen molar-refractivity contribution in [2.24, 2.45) is 5.73 Å². The van der Waals surface area contributed by atoms with E-state index in [-0.39, 0.29) is 30.4 Å². The maximum absolute atomic E-state index is 13.3. The number of hydrogen-bond acceptors (Lipinski definition) is 7. The smallest absolute Gasteiger partial charge is 0.267 e.